The monoisotopic (exact) mass is 337 g/mol. The van der Waals surface area contributed by atoms with Crippen LogP contribution in [0.25, 0.3) is 0 Å². The molecule has 0 fully saturated rings. The first-order valence-electron chi connectivity index (χ1n) is 7.72. The number of rotatable bonds is 2. The van der Waals surface area contributed by atoms with Gasteiger partial charge in [-0.15, -0.1) is 0 Å². The highest BCUT2D eigenvalue weighted by Gasteiger charge is 2.35. The average Bonchev–Trinajstić information content (AvgIpc) is 2.50. The predicted octanol–water partition coefficient (Wildman–Crippen LogP) is 2.96. The van der Waals surface area contributed by atoms with Crippen molar-refractivity contribution in [2.24, 2.45) is 0 Å². The van der Waals surface area contributed by atoms with E-state index in [1.807, 2.05) is 35.9 Å². The molecule has 1 aliphatic heterocycles. The van der Waals surface area contributed by atoms with Crippen LogP contribution < -0.4 is 5.56 Å². The van der Waals surface area contributed by atoms with Crippen LogP contribution in [0.1, 0.15) is 33.8 Å². The van der Waals surface area contributed by atoms with E-state index in [-0.39, 0.29) is 12.2 Å². The number of H-pyrrole nitrogens is 1. The Labute approximate surface area is 137 Å². The molecule has 128 valence electrons. The minimum atomic E-state index is -4.65. The molecule has 0 bridgehead atoms. The van der Waals surface area contributed by atoms with Gasteiger partial charge >= 0.3 is 6.18 Å². The van der Waals surface area contributed by atoms with Gasteiger partial charge < -0.3 is 4.98 Å². The first-order chi connectivity index (χ1) is 11.2. The quantitative estimate of drug-likeness (QED) is 0.917. The number of aromatic amines is 1. The van der Waals surface area contributed by atoms with Crippen molar-refractivity contribution in [2.75, 3.05) is 6.54 Å². The van der Waals surface area contributed by atoms with Crippen LogP contribution in [0.5, 0.6) is 0 Å². The van der Waals surface area contributed by atoms with E-state index in [1.165, 1.54) is 11.1 Å². The van der Waals surface area contributed by atoms with Crippen molar-refractivity contribution in [3.63, 3.8) is 0 Å². The zero-order valence-corrected chi connectivity index (χ0v) is 13.5. The maximum atomic E-state index is 12.8. The normalized spacial score (nSPS) is 15.4. The summed E-state index contributed by atoms with van der Waals surface area (Å²) in [6.45, 7) is 5.55. The topological polar surface area (TPSA) is 49.0 Å². The van der Waals surface area contributed by atoms with Crippen LogP contribution in [0, 0.1) is 13.8 Å². The van der Waals surface area contributed by atoms with Gasteiger partial charge in [-0.1, -0.05) is 18.2 Å². The molecule has 0 spiro atoms. The van der Waals surface area contributed by atoms with Crippen LogP contribution in [0.3, 0.4) is 0 Å². The lowest BCUT2D eigenvalue weighted by atomic mass is 10.0. The summed E-state index contributed by atoms with van der Waals surface area (Å²) in [5.41, 5.74) is 3.38. The van der Waals surface area contributed by atoms with E-state index < -0.39 is 17.6 Å². The lowest BCUT2D eigenvalue weighted by Crippen LogP contribution is -2.36. The minimum absolute atomic E-state index is 0.223. The molecule has 0 radical (unpaired) electrons. The third-order valence-corrected chi connectivity index (χ3v) is 4.40. The summed E-state index contributed by atoms with van der Waals surface area (Å²) < 4.78 is 38.5. The van der Waals surface area contributed by atoms with Crippen molar-refractivity contribution < 1.29 is 13.2 Å². The molecule has 0 aliphatic carbocycles. The molecule has 0 saturated heterocycles. The molecule has 0 unspecified atom stereocenters. The Balaban J connectivity index is 1.84. The second-order valence-electron chi connectivity index (χ2n) is 6.22. The Hall–Kier alpha value is -2.15. The zero-order chi connectivity index (χ0) is 17.5. The van der Waals surface area contributed by atoms with Gasteiger partial charge in [-0.25, -0.2) is 4.98 Å². The van der Waals surface area contributed by atoms with Gasteiger partial charge in [-0.3, -0.25) is 9.69 Å². The van der Waals surface area contributed by atoms with Crippen LogP contribution in [0.4, 0.5) is 13.2 Å². The fourth-order valence-electron chi connectivity index (χ4n) is 2.92. The van der Waals surface area contributed by atoms with Gasteiger partial charge in [0.2, 0.25) is 5.82 Å². The van der Waals surface area contributed by atoms with E-state index in [2.05, 4.69) is 11.1 Å². The molecule has 3 rings (SSSR count). The third-order valence-electron chi connectivity index (χ3n) is 4.40. The number of nitrogens with zero attached hydrogens (tertiary/aromatic N) is 2. The van der Waals surface area contributed by atoms with E-state index in [0.717, 1.165) is 5.56 Å². The lowest BCUT2D eigenvalue weighted by molar-refractivity contribution is -0.145. The summed E-state index contributed by atoms with van der Waals surface area (Å²) in [4.78, 5) is 19.4. The number of hydrogen-bond acceptors (Lipinski definition) is 3. The summed E-state index contributed by atoms with van der Waals surface area (Å²) in [7, 11) is 0. The number of fused-ring (bicyclic) bond motifs is 1. The summed E-state index contributed by atoms with van der Waals surface area (Å²) in [5.74, 6) is -1.22. The van der Waals surface area contributed by atoms with Gasteiger partial charge in [0.1, 0.15) is 0 Å². The second-order valence-corrected chi connectivity index (χ2v) is 6.22. The smallest absolute Gasteiger partial charge is 0.303 e. The van der Waals surface area contributed by atoms with Crippen LogP contribution in [0.2, 0.25) is 0 Å². The van der Waals surface area contributed by atoms with E-state index in [1.54, 1.807) is 0 Å². The molecule has 0 amide bonds. The van der Waals surface area contributed by atoms with Crippen molar-refractivity contribution in [2.45, 2.75) is 39.5 Å². The Bertz CT molecular complexity index is 827. The SMILES string of the molecule is Cc1ccc(CN2CCc3c(nc(C(F)(F)F)[nH]c3=O)C2)cc1C. The molecule has 4 nitrogen and oxygen atoms in total. The number of alkyl halides is 3. The standard InChI is InChI=1S/C17H18F3N3O/c1-10-3-4-12(7-11(10)2)8-23-6-5-13-14(9-23)21-16(17(18,19)20)22-15(13)24/h3-4,7H,5-6,8-9H2,1-2H3,(H,21,22,24). The molecule has 7 heteroatoms. The van der Waals surface area contributed by atoms with Crippen LogP contribution >= 0.6 is 0 Å². The highest BCUT2D eigenvalue weighted by Crippen LogP contribution is 2.27. The fourth-order valence-corrected chi connectivity index (χ4v) is 2.92. The van der Waals surface area contributed by atoms with Crippen molar-refractivity contribution in [3.8, 4) is 0 Å². The molecule has 1 aliphatic rings. The van der Waals surface area contributed by atoms with Crippen LogP contribution in [-0.2, 0) is 25.7 Å². The summed E-state index contributed by atoms with van der Waals surface area (Å²) in [6.07, 6.45) is -4.24. The zero-order valence-electron chi connectivity index (χ0n) is 13.5. The minimum Gasteiger partial charge on any atom is -0.303 e. The van der Waals surface area contributed by atoms with Crippen LogP contribution in [-0.4, -0.2) is 21.4 Å². The van der Waals surface area contributed by atoms with Crippen molar-refractivity contribution in [1.82, 2.24) is 14.9 Å². The molecular formula is C17H18F3N3O. The Morgan fingerprint density at radius 3 is 2.67 bits per heavy atom. The first-order valence-corrected chi connectivity index (χ1v) is 7.72. The number of nitrogens with one attached hydrogen (secondary N) is 1. The molecule has 0 saturated carbocycles. The van der Waals surface area contributed by atoms with Crippen molar-refractivity contribution in [3.05, 3.63) is 62.3 Å². The van der Waals surface area contributed by atoms with Gasteiger partial charge in [0, 0.05) is 25.2 Å². The summed E-state index contributed by atoms with van der Waals surface area (Å²) in [5, 5.41) is 0. The predicted molar refractivity (Wildman–Crippen MR) is 83.6 cm³/mol. The molecule has 1 aromatic heterocycles. The fraction of sp³-hybridized carbons (Fsp3) is 0.412. The van der Waals surface area contributed by atoms with E-state index in [4.69, 9.17) is 0 Å². The Kier molecular flexibility index (Phi) is 4.21. The van der Waals surface area contributed by atoms with Gasteiger partial charge in [-0.2, -0.15) is 13.2 Å². The maximum Gasteiger partial charge on any atom is 0.449 e. The highest BCUT2D eigenvalue weighted by molar-refractivity contribution is 5.30. The van der Waals surface area contributed by atoms with Gasteiger partial charge in [0.15, 0.2) is 0 Å². The summed E-state index contributed by atoms with van der Waals surface area (Å²) >= 11 is 0. The number of aryl methyl sites for hydroxylation is 2. The Morgan fingerprint density at radius 2 is 2.00 bits per heavy atom. The van der Waals surface area contributed by atoms with E-state index in [0.29, 0.717) is 25.1 Å². The maximum absolute atomic E-state index is 12.8. The van der Waals surface area contributed by atoms with Crippen molar-refractivity contribution in [1.29, 1.82) is 0 Å². The third kappa shape index (κ3) is 3.36. The molecule has 1 aromatic carbocycles. The average molecular weight is 337 g/mol. The van der Waals surface area contributed by atoms with Gasteiger partial charge in [0.25, 0.3) is 5.56 Å². The van der Waals surface area contributed by atoms with E-state index >= 15 is 0 Å². The molecular weight excluding hydrogens is 319 g/mol. The Morgan fingerprint density at radius 1 is 1.25 bits per heavy atom. The summed E-state index contributed by atoms with van der Waals surface area (Å²) in [6, 6.07) is 6.13. The molecule has 2 heterocycles. The number of benzene rings is 1. The number of halogens is 3. The first kappa shape index (κ1) is 16.7. The molecule has 0 atom stereocenters. The van der Waals surface area contributed by atoms with E-state index in [9.17, 15) is 18.0 Å². The van der Waals surface area contributed by atoms with Crippen LogP contribution in [0.15, 0.2) is 23.0 Å². The van der Waals surface area contributed by atoms with Crippen molar-refractivity contribution >= 4 is 0 Å². The largest absolute Gasteiger partial charge is 0.449 e. The van der Waals surface area contributed by atoms with Gasteiger partial charge in [0.05, 0.1) is 5.69 Å². The van der Waals surface area contributed by atoms with Gasteiger partial charge in [-0.05, 0) is 37.0 Å². The number of hydrogen-bond donors (Lipinski definition) is 1. The molecule has 1 N–H and O–H groups in total. The number of aromatic nitrogens is 2. The molecule has 24 heavy (non-hydrogen) atoms. The lowest BCUT2D eigenvalue weighted by Gasteiger charge is -2.28. The highest BCUT2D eigenvalue weighted by atomic mass is 19.4. The second kappa shape index (κ2) is 6.05. The molecule has 2 aromatic rings.